The maximum Gasteiger partial charge on any atom is 0.256 e. The molecule has 0 bridgehead atoms. The van der Waals surface area contributed by atoms with E-state index in [2.05, 4.69) is 26.2 Å². The van der Waals surface area contributed by atoms with Gasteiger partial charge < -0.3 is 5.32 Å². The largest absolute Gasteiger partial charge is 0.322 e. The van der Waals surface area contributed by atoms with Gasteiger partial charge in [0.05, 0.1) is 10.0 Å². The van der Waals surface area contributed by atoms with Crippen LogP contribution in [0.5, 0.6) is 0 Å². The summed E-state index contributed by atoms with van der Waals surface area (Å²) in [5, 5.41) is 2.72. The molecule has 92 valence electrons. The number of halogens is 2. The summed E-state index contributed by atoms with van der Waals surface area (Å²) < 4.78 is 13.5. The van der Waals surface area contributed by atoms with Gasteiger partial charge in [-0.2, -0.15) is 0 Å². The Morgan fingerprint density at radius 3 is 2.89 bits per heavy atom. The molecule has 0 fully saturated rings. The van der Waals surface area contributed by atoms with E-state index >= 15 is 0 Å². The zero-order chi connectivity index (χ0) is 13.1. The van der Waals surface area contributed by atoms with Crippen molar-refractivity contribution in [2.75, 3.05) is 5.32 Å². The summed E-state index contributed by atoms with van der Waals surface area (Å²) in [5.41, 5.74) is 1.76. The van der Waals surface area contributed by atoms with Gasteiger partial charge in [-0.1, -0.05) is 6.07 Å². The summed E-state index contributed by atoms with van der Waals surface area (Å²) in [6.45, 7) is 1.84. The predicted octanol–water partition coefficient (Wildman–Crippen LogP) is 3.54. The van der Waals surface area contributed by atoms with Crippen LogP contribution < -0.4 is 5.32 Å². The third kappa shape index (κ3) is 2.56. The minimum absolute atomic E-state index is 0.161. The highest BCUT2D eigenvalue weighted by atomic mass is 79.9. The van der Waals surface area contributed by atoms with Crippen LogP contribution in [0.25, 0.3) is 0 Å². The number of nitrogens with one attached hydrogen (secondary N) is 1. The van der Waals surface area contributed by atoms with Crippen LogP contribution in [0.3, 0.4) is 0 Å². The van der Waals surface area contributed by atoms with Crippen LogP contribution in [-0.2, 0) is 0 Å². The topological polar surface area (TPSA) is 42.0 Å². The second-order valence-electron chi connectivity index (χ2n) is 3.75. The number of carbonyl (C=O) groups is 1. The molecule has 1 aromatic heterocycles. The first kappa shape index (κ1) is 12.7. The van der Waals surface area contributed by atoms with Gasteiger partial charge in [0.1, 0.15) is 5.82 Å². The van der Waals surface area contributed by atoms with Crippen molar-refractivity contribution in [3.8, 4) is 0 Å². The van der Waals surface area contributed by atoms with Crippen molar-refractivity contribution < 1.29 is 9.18 Å². The van der Waals surface area contributed by atoms with Gasteiger partial charge >= 0.3 is 0 Å². The fourth-order valence-electron chi connectivity index (χ4n) is 1.48. The van der Waals surface area contributed by atoms with Crippen LogP contribution in [0.4, 0.5) is 10.1 Å². The molecule has 1 N–H and O–H groups in total. The SMILES string of the molecule is Cc1cnccc1NC(=O)c1cccc(F)c1Br. The third-order valence-corrected chi connectivity index (χ3v) is 3.27. The molecule has 0 saturated carbocycles. The second kappa shape index (κ2) is 5.27. The summed E-state index contributed by atoms with van der Waals surface area (Å²) in [5.74, 6) is -0.829. The first-order chi connectivity index (χ1) is 8.59. The summed E-state index contributed by atoms with van der Waals surface area (Å²) in [4.78, 5) is 15.9. The standard InChI is InChI=1S/C13H10BrFN2O/c1-8-7-16-6-5-11(8)17-13(18)9-3-2-4-10(15)12(9)14/h2-7H,1H3,(H,16,17,18). The van der Waals surface area contributed by atoms with Crippen molar-refractivity contribution >= 4 is 27.5 Å². The van der Waals surface area contributed by atoms with E-state index in [1.165, 1.54) is 12.1 Å². The first-order valence-electron chi connectivity index (χ1n) is 5.25. The van der Waals surface area contributed by atoms with Crippen LogP contribution in [-0.4, -0.2) is 10.9 Å². The summed E-state index contributed by atoms with van der Waals surface area (Å²) in [7, 11) is 0. The Morgan fingerprint density at radius 1 is 1.39 bits per heavy atom. The van der Waals surface area contributed by atoms with E-state index in [1.807, 2.05) is 6.92 Å². The first-order valence-corrected chi connectivity index (χ1v) is 6.05. The van der Waals surface area contributed by atoms with E-state index in [9.17, 15) is 9.18 Å². The van der Waals surface area contributed by atoms with Gasteiger partial charge in [-0.15, -0.1) is 0 Å². The quantitative estimate of drug-likeness (QED) is 0.922. The number of pyridine rings is 1. The summed E-state index contributed by atoms with van der Waals surface area (Å²) in [6, 6.07) is 6.03. The van der Waals surface area contributed by atoms with Crippen molar-refractivity contribution in [2.24, 2.45) is 0 Å². The van der Waals surface area contributed by atoms with Gasteiger partial charge in [0.25, 0.3) is 5.91 Å². The number of anilines is 1. The number of aromatic nitrogens is 1. The van der Waals surface area contributed by atoms with Gasteiger partial charge in [-0.3, -0.25) is 9.78 Å². The Bertz CT molecular complexity index is 601. The maximum atomic E-state index is 13.3. The third-order valence-electron chi connectivity index (χ3n) is 2.46. The number of rotatable bonds is 2. The number of hydrogen-bond donors (Lipinski definition) is 1. The van der Waals surface area contributed by atoms with Crippen molar-refractivity contribution in [1.82, 2.24) is 4.98 Å². The maximum absolute atomic E-state index is 13.3. The van der Waals surface area contributed by atoms with Gasteiger partial charge in [-0.25, -0.2) is 4.39 Å². The minimum atomic E-state index is -0.464. The Kier molecular flexibility index (Phi) is 3.72. The number of benzene rings is 1. The molecule has 1 amide bonds. The van der Waals surface area contributed by atoms with Crippen molar-refractivity contribution in [2.45, 2.75) is 6.92 Å². The fourth-order valence-corrected chi connectivity index (χ4v) is 1.93. The Labute approximate surface area is 112 Å². The average molecular weight is 309 g/mol. The normalized spacial score (nSPS) is 10.2. The van der Waals surface area contributed by atoms with Crippen LogP contribution in [0.15, 0.2) is 41.1 Å². The van der Waals surface area contributed by atoms with E-state index < -0.39 is 5.82 Å². The molecule has 1 heterocycles. The van der Waals surface area contributed by atoms with E-state index in [1.54, 1.807) is 24.5 Å². The van der Waals surface area contributed by atoms with Crippen molar-refractivity contribution in [3.63, 3.8) is 0 Å². The lowest BCUT2D eigenvalue weighted by Gasteiger charge is -2.09. The molecule has 0 saturated heterocycles. The zero-order valence-electron chi connectivity index (χ0n) is 9.58. The molecule has 0 spiro atoms. The molecule has 5 heteroatoms. The molecule has 18 heavy (non-hydrogen) atoms. The molecule has 0 unspecified atom stereocenters. The van der Waals surface area contributed by atoms with Gasteiger partial charge in [-0.05, 0) is 46.6 Å². The highest BCUT2D eigenvalue weighted by Gasteiger charge is 2.13. The molecule has 0 atom stereocenters. The predicted molar refractivity (Wildman–Crippen MR) is 71.0 cm³/mol. The molecule has 1 aromatic carbocycles. The molecule has 0 aliphatic carbocycles. The number of nitrogens with zero attached hydrogens (tertiary/aromatic N) is 1. The molecular formula is C13H10BrFN2O. The molecule has 3 nitrogen and oxygen atoms in total. The molecular weight excluding hydrogens is 299 g/mol. The fraction of sp³-hybridized carbons (Fsp3) is 0.0769. The van der Waals surface area contributed by atoms with E-state index in [4.69, 9.17) is 0 Å². The number of aryl methyl sites for hydroxylation is 1. The Balaban J connectivity index is 2.28. The summed E-state index contributed by atoms with van der Waals surface area (Å²) in [6.07, 6.45) is 3.24. The molecule has 0 radical (unpaired) electrons. The highest BCUT2D eigenvalue weighted by molar-refractivity contribution is 9.10. The molecule has 2 aromatic rings. The minimum Gasteiger partial charge on any atom is -0.322 e. The second-order valence-corrected chi connectivity index (χ2v) is 4.54. The van der Waals surface area contributed by atoms with Gasteiger partial charge in [0.2, 0.25) is 0 Å². The average Bonchev–Trinajstić information content (AvgIpc) is 2.35. The monoisotopic (exact) mass is 308 g/mol. The lowest BCUT2D eigenvalue weighted by molar-refractivity contribution is 0.102. The number of hydrogen-bond acceptors (Lipinski definition) is 2. The smallest absolute Gasteiger partial charge is 0.256 e. The van der Waals surface area contributed by atoms with Gasteiger partial charge in [0.15, 0.2) is 0 Å². The summed E-state index contributed by atoms with van der Waals surface area (Å²) >= 11 is 3.06. The number of carbonyl (C=O) groups excluding carboxylic acids is 1. The van der Waals surface area contributed by atoms with Crippen LogP contribution >= 0.6 is 15.9 Å². The van der Waals surface area contributed by atoms with Crippen molar-refractivity contribution in [3.05, 3.63) is 58.1 Å². The van der Waals surface area contributed by atoms with E-state index in [-0.39, 0.29) is 15.9 Å². The number of amides is 1. The Hall–Kier alpha value is -1.75. The van der Waals surface area contributed by atoms with Gasteiger partial charge in [0, 0.05) is 18.1 Å². The van der Waals surface area contributed by atoms with Crippen LogP contribution in [0.1, 0.15) is 15.9 Å². The lowest BCUT2D eigenvalue weighted by atomic mass is 10.2. The van der Waals surface area contributed by atoms with E-state index in [0.717, 1.165) is 5.56 Å². The Morgan fingerprint density at radius 2 is 2.17 bits per heavy atom. The zero-order valence-corrected chi connectivity index (χ0v) is 11.2. The van der Waals surface area contributed by atoms with Crippen LogP contribution in [0.2, 0.25) is 0 Å². The highest BCUT2D eigenvalue weighted by Crippen LogP contribution is 2.22. The van der Waals surface area contributed by atoms with Crippen molar-refractivity contribution in [1.29, 1.82) is 0 Å². The molecule has 0 aliphatic rings. The molecule has 2 rings (SSSR count). The van der Waals surface area contributed by atoms with Crippen LogP contribution in [0, 0.1) is 12.7 Å². The lowest BCUT2D eigenvalue weighted by Crippen LogP contribution is -2.14. The van der Waals surface area contributed by atoms with E-state index in [0.29, 0.717) is 5.69 Å². The molecule has 0 aliphatic heterocycles.